The van der Waals surface area contributed by atoms with Crippen LogP contribution in [-0.2, 0) is 4.79 Å². The van der Waals surface area contributed by atoms with Crippen LogP contribution in [0.2, 0.25) is 0 Å². The lowest BCUT2D eigenvalue weighted by Crippen LogP contribution is -2.36. The van der Waals surface area contributed by atoms with Gasteiger partial charge in [-0.3, -0.25) is 4.79 Å². The van der Waals surface area contributed by atoms with E-state index in [0.717, 1.165) is 24.8 Å². The van der Waals surface area contributed by atoms with Crippen LogP contribution < -0.4 is 5.32 Å². The Morgan fingerprint density at radius 1 is 1.44 bits per heavy atom. The molecule has 0 bridgehead atoms. The molecular formula is C13H25NO2. The van der Waals surface area contributed by atoms with Crippen LogP contribution in [-0.4, -0.2) is 23.7 Å². The molecule has 2 N–H and O–H groups in total. The van der Waals surface area contributed by atoms with E-state index in [1.165, 1.54) is 25.7 Å². The van der Waals surface area contributed by atoms with Gasteiger partial charge in [-0.05, 0) is 37.6 Å². The van der Waals surface area contributed by atoms with Crippen molar-refractivity contribution in [1.29, 1.82) is 0 Å². The Balaban J connectivity index is 2.14. The number of carboxylic acids is 1. The van der Waals surface area contributed by atoms with Crippen LogP contribution in [0.5, 0.6) is 0 Å². The zero-order valence-electron chi connectivity index (χ0n) is 10.5. The van der Waals surface area contributed by atoms with Gasteiger partial charge < -0.3 is 10.4 Å². The molecule has 16 heavy (non-hydrogen) atoms. The molecule has 3 heteroatoms. The van der Waals surface area contributed by atoms with Crippen molar-refractivity contribution in [3.8, 4) is 0 Å². The van der Waals surface area contributed by atoms with E-state index in [0.29, 0.717) is 6.04 Å². The second kappa shape index (κ2) is 6.89. The highest BCUT2D eigenvalue weighted by molar-refractivity contribution is 5.66. The third-order valence-corrected chi connectivity index (χ3v) is 3.66. The van der Waals surface area contributed by atoms with Crippen molar-refractivity contribution in [2.45, 2.75) is 58.4 Å². The van der Waals surface area contributed by atoms with E-state index in [9.17, 15) is 4.79 Å². The van der Waals surface area contributed by atoms with E-state index in [1.54, 1.807) is 0 Å². The molecule has 1 aliphatic rings. The van der Waals surface area contributed by atoms with Crippen LogP contribution in [0.1, 0.15) is 52.4 Å². The lowest BCUT2D eigenvalue weighted by molar-refractivity contribution is -0.137. The molecule has 0 aromatic rings. The molecule has 0 radical (unpaired) electrons. The summed E-state index contributed by atoms with van der Waals surface area (Å²) in [5, 5.41) is 12.0. The van der Waals surface area contributed by atoms with Gasteiger partial charge in [0.2, 0.25) is 0 Å². The molecule has 0 saturated heterocycles. The Labute approximate surface area is 98.6 Å². The predicted octanol–water partition coefficient (Wildman–Crippen LogP) is 2.66. The molecule has 2 unspecified atom stereocenters. The first-order valence-corrected chi connectivity index (χ1v) is 6.54. The van der Waals surface area contributed by atoms with Gasteiger partial charge in [0, 0.05) is 12.5 Å². The van der Waals surface area contributed by atoms with Crippen LogP contribution in [0, 0.1) is 11.8 Å². The predicted molar refractivity (Wildman–Crippen MR) is 65.5 cm³/mol. The third-order valence-electron chi connectivity index (χ3n) is 3.66. The first-order chi connectivity index (χ1) is 7.59. The summed E-state index contributed by atoms with van der Waals surface area (Å²) in [4.78, 5) is 10.4. The van der Waals surface area contributed by atoms with E-state index in [4.69, 9.17) is 5.11 Å². The van der Waals surface area contributed by atoms with Gasteiger partial charge in [-0.15, -0.1) is 0 Å². The van der Waals surface area contributed by atoms with Gasteiger partial charge >= 0.3 is 5.97 Å². The van der Waals surface area contributed by atoms with Gasteiger partial charge in [0.25, 0.3) is 0 Å². The fourth-order valence-corrected chi connectivity index (χ4v) is 2.56. The number of hydrogen-bond donors (Lipinski definition) is 2. The van der Waals surface area contributed by atoms with Crippen LogP contribution in [0.3, 0.4) is 0 Å². The Hall–Kier alpha value is -0.570. The normalized spacial score (nSPS) is 25.9. The van der Waals surface area contributed by atoms with Crippen molar-refractivity contribution in [3.63, 3.8) is 0 Å². The molecule has 0 aromatic carbocycles. The molecule has 3 nitrogen and oxygen atoms in total. The molecule has 2 atom stereocenters. The number of rotatable bonds is 6. The highest BCUT2D eigenvalue weighted by Crippen LogP contribution is 2.29. The maximum Gasteiger partial charge on any atom is 0.303 e. The van der Waals surface area contributed by atoms with E-state index in [-0.39, 0.29) is 6.42 Å². The minimum atomic E-state index is -0.689. The summed E-state index contributed by atoms with van der Waals surface area (Å²) in [6.07, 6.45) is 6.25. The van der Waals surface area contributed by atoms with Crippen LogP contribution in [0.4, 0.5) is 0 Å². The van der Waals surface area contributed by atoms with Gasteiger partial charge in [-0.25, -0.2) is 0 Å². The molecule has 1 rings (SSSR count). The van der Waals surface area contributed by atoms with Crippen molar-refractivity contribution >= 4 is 5.97 Å². The molecule has 0 amide bonds. The molecule has 1 fully saturated rings. The maximum absolute atomic E-state index is 10.4. The number of aliphatic carboxylic acids is 1. The van der Waals surface area contributed by atoms with Crippen molar-refractivity contribution in [1.82, 2.24) is 5.32 Å². The van der Waals surface area contributed by atoms with Crippen molar-refractivity contribution in [3.05, 3.63) is 0 Å². The summed E-state index contributed by atoms with van der Waals surface area (Å²) in [7, 11) is 0. The lowest BCUT2D eigenvalue weighted by Gasteiger charge is -2.32. The summed E-state index contributed by atoms with van der Waals surface area (Å²) >= 11 is 0. The highest BCUT2D eigenvalue weighted by atomic mass is 16.4. The van der Waals surface area contributed by atoms with Crippen LogP contribution in [0.15, 0.2) is 0 Å². The second-order valence-corrected chi connectivity index (χ2v) is 5.32. The quantitative estimate of drug-likeness (QED) is 0.686. The van der Waals surface area contributed by atoms with Crippen molar-refractivity contribution < 1.29 is 9.90 Å². The van der Waals surface area contributed by atoms with Crippen LogP contribution in [0.25, 0.3) is 0 Å². The number of nitrogens with one attached hydrogen (secondary N) is 1. The van der Waals surface area contributed by atoms with E-state index < -0.39 is 5.97 Å². The molecule has 1 saturated carbocycles. The molecule has 0 aromatic heterocycles. The minimum Gasteiger partial charge on any atom is -0.481 e. The Morgan fingerprint density at radius 2 is 2.19 bits per heavy atom. The van der Waals surface area contributed by atoms with Gasteiger partial charge in [0.1, 0.15) is 0 Å². The second-order valence-electron chi connectivity index (χ2n) is 5.32. The maximum atomic E-state index is 10.4. The zero-order valence-corrected chi connectivity index (χ0v) is 10.5. The summed E-state index contributed by atoms with van der Waals surface area (Å²) in [6, 6.07) is 0.620. The van der Waals surface area contributed by atoms with Crippen LogP contribution >= 0.6 is 0 Å². The van der Waals surface area contributed by atoms with Gasteiger partial charge in [0.05, 0.1) is 0 Å². The third kappa shape index (κ3) is 4.97. The fraction of sp³-hybridized carbons (Fsp3) is 0.923. The molecule has 0 heterocycles. The molecular weight excluding hydrogens is 202 g/mol. The number of carbonyl (C=O) groups is 1. The Morgan fingerprint density at radius 3 is 2.81 bits per heavy atom. The van der Waals surface area contributed by atoms with Gasteiger partial charge in [0.15, 0.2) is 0 Å². The minimum absolute atomic E-state index is 0.285. The van der Waals surface area contributed by atoms with Gasteiger partial charge in [-0.1, -0.05) is 26.7 Å². The monoisotopic (exact) mass is 227 g/mol. The van der Waals surface area contributed by atoms with Crippen molar-refractivity contribution in [2.75, 3.05) is 6.54 Å². The molecule has 0 spiro atoms. The summed E-state index contributed by atoms with van der Waals surface area (Å²) in [6.45, 7) is 5.46. The topological polar surface area (TPSA) is 49.3 Å². The fourth-order valence-electron chi connectivity index (χ4n) is 2.56. The zero-order chi connectivity index (χ0) is 12.0. The van der Waals surface area contributed by atoms with E-state index >= 15 is 0 Å². The van der Waals surface area contributed by atoms with Crippen molar-refractivity contribution in [2.24, 2.45) is 11.8 Å². The standard InChI is InChI=1S/C13H25NO2/c1-10(2)11-5-3-6-12(9-11)14-8-4-7-13(15)16/h10-12,14H,3-9H2,1-2H3,(H,15,16). The van der Waals surface area contributed by atoms with E-state index in [1.807, 2.05) is 0 Å². The SMILES string of the molecule is CC(C)C1CCCC(NCCCC(=O)O)C1. The number of carboxylic acid groups (broad SMARTS) is 1. The Bertz CT molecular complexity index is 216. The lowest BCUT2D eigenvalue weighted by atomic mass is 9.79. The average molecular weight is 227 g/mol. The van der Waals surface area contributed by atoms with E-state index in [2.05, 4.69) is 19.2 Å². The Kier molecular flexibility index (Phi) is 5.81. The van der Waals surface area contributed by atoms with Gasteiger partial charge in [-0.2, -0.15) is 0 Å². The molecule has 94 valence electrons. The summed E-state index contributed by atoms with van der Waals surface area (Å²) < 4.78 is 0. The average Bonchev–Trinajstić information content (AvgIpc) is 2.24. The smallest absolute Gasteiger partial charge is 0.303 e. The molecule has 0 aliphatic heterocycles. The largest absolute Gasteiger partial charge is 0.481 e. The highest BCUT2D eigenvalue weighted by Gasteiger charge is 2.23. The summed E-state index contributed by atoms with van der Waals surface area (Å²) in [5.41, 5.74) is 0. The first kappa shape index (κ1) is 13.5. The summed E-state index contributed by atoms with van der Waals surface area (Å²) in [5.74, 6) is 0.944. The first-order valence-electron chi connectivity index (χ1n) is 6.54. The molecule has 1 aliphatic carbocycles. The number of hydrogen-bond acceptors (Lipinski definition) is 2.